The third kappa shape index (κ3) is 4.80. The van der Waals surface area contributed by atoms with Crippen LogP contribution in [-0.2, 0) is 9.53 Å². The number of hydrogen-bond donors (Lipinski definition) is 1. The van der Waals surface area contributed by atoms with Crippen LogP contribution >= 0.6 is 0 Å². The number of amides is 1. The van der Waals surface area contributed by atoms with Crippen molar-refractivity contribution in [2.45, 2.75) is 38.6 Å². The normalized spacial score (nSPS) is 19.4. The molecular weight excluding hydrogens is 338 g/mol. The highest BCUT2D eigenvalue weighted by molar-refractivity contribution is 5.92. The number of methoxy groups -OCH3 is 3. The van der Waals surface area contributed by atoms with Crippen molar-refractivity contribution in [3.05, 3.63) is 17.7 Å². The molecule has 144 valence electrons. The Hall–Kier alpha value is -2.44. The molecule has 1 saturated carbocycles. The van der Waals surface area contributed by atoms with Crippen molar-refractivity contribution in [1.29, 1.82) is 0 Å². The van der Waals surface area contributed by atoms with Gasteiger partial charge in [0, 0.05) is 6.04 Å². The lowest BCUT2D eigenvalue weighted by Gasteiger charge is -2.29. The second kappa shape index (κ2) is 9.31. The highest BCUT2D eigenvalue weighted by Gasteiger charge is 2.24. The molecular formula is C19H27NO6. The SMILES string of the molecule is COc1cc(C(=O)OCC(=O)N[C@@H]2CCCC[C@@H]2C)cc(OC)c1OC. The molecule has 1 aromatic carbocycles. The Morgan fingerprint density at radius 1 is 1.04 bits per heavy atom. The second-order valence-electron chi connectivity index (χ2n) is 6.43. The van der Waals surface area contributed by atoms with Gasteiger partial charge in [0.2, 0.25) is 5.75 Å². The molecule has 1 fully saturated rings. The van der Waals surface area contributed by atoms with E-state index in [1.54, 1.807) is 0 Å². The van der Waals surface area contributed by atoms with Gasteiger partial charge in [0.15, 0.2) is 18.1 Å². The molecule has 0 bridgehead atoms. The smallest absolute Gasteiger partial charge is 0.338 e. The molecule has 0 spiro atoms. The molecule has 0 aromatic heterocycles. The molecule has 2 atom stereocenters. The van der Waals surface area contributed by atoms with Crippen molar-refractivity contribution in [2.24, 2.45) is 5.92 Å². The van der Waals surface area contributed by atoms with Gasteiger partial charge < -0.3 is 24.3 Å². The van der Waals surface area contributed by atoms with Gasteiger partial charge >= 0.3 is 5.97 Å². The first-order valence-corrected chi connectivity index (χ1v) is 8.76. The van der Waals surface area contributed by atoms with Crippen LogP contribution in [0.1, 0.15) is 43.0 Å². The molecule has 0 unspecified atom stereocenters. The summed E-state index contributed by atoms with van der Waals surface area (Å²) in [5.74, 6) is 0.605. The van der Waals surface area contributed by atoms with E-state index in [4.69, 9.17) is 18.9 Å². The fourth-order valence-corrected chi connectivity index (χ4v) is 3.19. The summed E-state index contributed by atoms with van der Waals surface area (Å²) in [4.78, 5) is 24.4. The number of carbonyl (C=O) groups excluding carboxylic acids is 2. The van der Waals surface area contributed by atoms with Crippen LogP contribution in [0.5, 0.6) is 17.2 Å². The average Bonchev–Trinajstić information content (AvgIpc) is 2.66. The lowest BCUT2D eigenvalue weighted by atomic mass is 9.86. The third-order valence-corrected chi connectivity index (χ3v) is 4.69. The van der Waals surface area contributed by atoms with Crippen molar-refractivity contribution in [2.75, 3.05) is 27.9 Å². The van der Waals surface area contributed by atoms with Gasteiger partial charge in [-0.3, -0.25) is 4.79 Å². The van der Waals surface area contributed by atoms with Gasteiger partial charge in [0.1, 0.15) is 0 Å². The molecule has 0 saturated heterocycles. The van der Waals surface area contributed by atoms with Crippen LogP contribution < -0.4 is 19.5 Å². The summed E-state index contributed by atoms with van der Waals surface area (Å²) in [6.07, 6.45) is 4.38. The molecule has 7 nitrogen and oxygen atoms in total. The summed E-state index contributed by atoms with van der Waals surface area (Å²) in [6, 6.07) is 3.13. The fourth-order valence-electron chi connectivity index (χ4n) is 3.19. The minimum Gasteiger partial charge on any atom is -0.493 e. The number of carbonyl (C=O) groups is 2. The number of nitrogens with one attached hydrogen (secondary N) is 1. The summed E-state index contributed by atoms with van der Waals surface area (Å²) >= 11 is 0. The monoisotopic (exact) mass is 365 g/mol. The van der Waals surface area contributed by atoms with Crippen molar-refractivity contribution >= 4 is 11.9 Å². The van der Waals surface area contributed by atoms with E-state index in [-0.39, 0.29) is 24.1 Å². The topological polar surface area (TPSA) is 83.1 Å². The first kappa shape index (κ1) is 19.9. The predicted octanol–water partition coefficient (Wildman–Crippen LogP) is 2.56. The first-order valence-electron chi connectivity index (χ1n) is 8.76. The van der Waals surface area contributed by atoms with E-state index in [1.165, 1.54) is 39.9 Å². The molecule has 7 heteroatoms. The standard InChI is InChI=1S/C19H27NO6/c1-12-7-5-6-8-14(12)20-17(21)11-26-19(22)13-9-15(23-2)18(25-4)16(10-13)24-3/h9-10,12,14H,5-8,11H2,1-4H3,(H,20,21)/t12-,14+/m0/s1. The van der Waals surface area contributed by atoms with Gasteiger partial charge in [-0.1, -0.05) is 19.8 Å². The maximum absolute atomic E-state index is 12.3. The van der Waals surface area contributed by atoms with Crippen LogP contribution in [0.3, 0.4) is 0 Å². The number of esters is 1. The Morgan fingerprint density at radius 2 is 1.65 bits per heavy atom. The fraction of sp³-hybridized carbons (Fsp3) is 0.579. The Kier molecular flexibility index (Phi) is 7.12. The summed E-state index contributed by atoms with van der Waals surface area (Å²) in [5.41, 5.74) is 0.221. The summed E-state index contributed by atoms with van der Waals surface area (Å²) in [7, 11) is 4.41. The van der Waals surface area contributed by atoms with Gasteiger partial charge in [-0.2, -0.15) is 0 Å². The summed E-state index contributed by atoms with van der Waals surface area (Å²) in [6.45, 7) is 1.81. The van der Waals surface area contributed by atoms with Crippen LogP contribution in [0.2, 0.25) is 0 Å². The molecule has 0 heterocycles. The van der Waals surface area contributed by atoms with E-state index < -0.39 is 5.97 Å². The van der Waals surface area contributed by atoms with Gasteiger partial charge in [0.25, 0.3) is 5.91 Å². The van der Waals surface area contributed by atoms with Crippen LogP contribution in [-0.4, -0.2) is 45.9 Å². The van der Waals surface area contributed by atoms with E-state index >= 15 is 0 Å². The molecule has 1 amide bonds. The second-order valence-corrected chi connectivity index (χ2v) is 6.43. The highest BCUT2D eigenvalue weighted by atomic mass is 16.5. The summed E-state index contributed by atoms with van der Waals surface area (Å²) in [5, 5.41) is 2.95. The number of benzene rings is 1. The molecule has 1 aliphatic rings. The van der Waals surface area contributed by atoms with E-state index in [0.29, 0.717) is 23.2 Å². The zero-order valence-electron chi connectivity index (χ0n) is 15.8. The Bertz CT molecular complexity index is 620. The predicted molar refractivity (Wildman–Crippen MR) is 95.9 cm³/mol. The first-order chi connectivity index (χ1) is 12.5. The van der Waals surface area contributed by atoms with Crippen LogP contribution in [0.25, 0.3) is 0 Å². The minimum absolute atomic E-state index is 0.149. The lowest BCUT2D eigenvalue weighted by Crippen LogP contribution is -2.42. The Balaban J connectivity index is 1.97. The van der Waals surface area contributed by atoms with Crippen molar-refractivity contribution in [3.8, 4) is 17.2 Å². The Morgan fingerprint density at radius 3 is 2.19 bits per heavy atom. The van der Waals surface area contributed by atoms with Crippen molar-refractivity contribution < 1.29 is 28.5 Å². The molecule has 1 aliphatic carbocycles. The zero-order chi connectivity index (χ0) is 19.1. The van der Waals surface area contributed by atoms with Gasteiger partial charge in [-0.15, -0.1) is 0 Å². The quantitative estimate of drug-likeness (QED) is 0.748. The maximum atomic E-state index is 12.3. The zero-order valence-corrected chi connectivity index (χ0v) is 15.8. The van der Waals surface area contributed by atoms with E-state index in [9.17, 15) is 9.59 Å². The van der Waals surface area contributed by atoms with Crippen LogP contribution in [0, 0.1) is 5.92 Å². The highest BCUT2D eigenvalue weighted by Crippen LogP contribution is 2.38. The minimum atomic E-state index is -0.629. The van der Waals surface area contributed by atoms with E-state index in [0.717, 1.165) is 19.3 Å². The van der Waals surface area contributed by atoms with Crippen molar-refractivity contribution in [3.63, 3.8) is 0 Å². The van der Waals surface area contributed by atoms with Crippen molar-refractivity contribution in [1.82, 2.24) is 5.32 Å². The van der Waals surface area contributed by atoms with Gasteiger partial charge in [-0.25, -0.2) is 4.79 Å². The Labute approximate surface area is 153 Å². The number of rotatable bonds is 7. The molecule has 1 N–H and O–H groups in total. The van der Waals surface area contributed by atoms with Gasteiger partial charge in [0.05, 0.1) is 26.9 Å². The maximum Gasteiger partial charge on any atom is 0.338 e. The van der Waals surface area contributed by atoms with Crippen LogP contribution in [0.15, 0.2) is 12.1 Å². The molecule has 0 aliphatic heterocycles. The lowest BCUT2D eigenvalue weighted by molar-refractivity contribution is -0.125. The average molecular weight is 365 g/mol. The number of ether oxygens (including phenoxy) is 4. The van der Waals surface area contributed by atoms with E-state index in [2.05, 4.69) is 12.2 Å². The summed E-state index contributed by atoms with van der Waals surface area (Å²) < 4.78 is 20.8. The molecule has 2 rings (SSSR count). The third-order valence-electron chi connectivity index (χ3n) is 4.69. The van der Waals surface area contributed by atoms with Crippen LogP contribution in [0.4, 0.5) is 0 Å². The van der Waals surface area contributed by atoms with E-state index in [1.807, 2.05) is 0 Å². The molecule has 1 aromatic rings. The number of hydrogen-bond acceptors (Lipinski definition) is 6. The van der Waals surface area contributed by atoms with Gasteiger partial charge in [-0.05, 0) is 30.9 Å². The molecule has 0 radical (unpaired) electrons. The molecule has 26 heavy (non-hydrogen) atoms. The largest absolute Gasteiger partial charge is 0.493 e.